The van der Waals surface area contributed by atoms with E-state index in [4.69, 9.17) is 9.25 Å². The molecule has 0 aliphatic carbocycles. The van der Waals surface area contributed by atoms with Gasteiger partial charge in [0.15, 0.2) is 10.8 Å². The standard InChI is InChI=1S/C12H14N2O3S/c1-8(2)6-17-14-11(15)9-7-18-12(13-9)10-4-3-5-16-10/h3-5,7-8H,6H2,1-2H3,(H,14,15). The third-order valence-electron chi connectivity index (χ3n) is 2.05. The number of furan rings is 1. The van der Waals surface area contributed by atoms with E-state index in [1.807, 2.05) is 13.8 Å². The summed E-state index contributed by atoms with van der Waals surface area (Å²) in [6, 6.07) is 3.58. The third-order valence-corrected chi connectivity index (χ3v) is 2.91. The molecule has 0 saturated heterocycles. The van der Waals surface area contributed by atoms with Crippen molar-refractivity contribution in [2.75, 3.05) is 6.61 Å². The Morgan fingerprint density at radius 1 is 1.61 bits per heavy atom. The number of amides is 1. The minimum atomic E-state index is -0.343. The molecule has 2 aromatic heterocycles. The smallest absolute Gasteiger partial charge is 0.294 e. The molecule has 1 N–H and O–H groups in total. The summed E-state index contributed by atoms with van der Waals surface area (Å²) in [5.74, 6) is 0.672. The Labute approximate surface area is 109 Å². The molecule has 5 nitrogen and oxygen atoms in total. The molecule has 0 atom stereocenters. The van der Waals surface area contributed by atoms with Gasteiger partial charge in [-0.15, -0.1) is 11.3 Å². The van der Waals surface area contributed by atoms with Gasteiger partial charge in [-0.25, -0.2) is 10.5 Å². The Bertz CT molecular complexity index is 505. The molecule has 0 radical (unpaired) electrons. The van der Waals surface area contributed by atoms with Gasteiger partial charge in [0.2, 0.25) is 0 Å². The van der Waals surface area contributed by atoms with Crippen LogP contribution in [0.4, 0.5) is 0 Å². The van der Waals surface area contributed by atoms with Gasteiger partial charge in [-0.3, -0.25) is 9.63 Å². The first kappa shape index (κ1) is 12.8. The number of nitrogens with zero attached hydrogens (tertiary/aromatic N) is 1. The largest absolute Gasteiger partial charge is 0.462 e. The summed E-state index contributed by atoms with van der Waals surface area (Å²) in [6.45, 7) is 4.48. The van der Waals surface area contributed by atoms with Gasteiger partial charge in [-0.2, -0.15) is 0 Å². The maximum Gasteiger partial charge on any atom is 0.294 e. The van der Waals surface area contributed by atoms with Crippen molar-refractivity contribution in [3.05, 3.63) is 29.5 Å². The summed E-state index contributed by atoms with van der Waals surface area (Å²) in [4.78, 5) is 20.9. The van der Waals surface area contributed by atoms with Gasteiger partial charge in [0.05, 0.1) is 12.9 Å². The number of aromatic nitrogens is 1. The zero-order valence-corrected chi connectivity index (χ0v) is 11.0. The van der Waals surface area contributed by atoms with E-state index >= 15 is 0 Å². The van der Waals surface area contributed by atoms with Crippen molar-refractivity contribution < 1.29 is 14.0 Å². The van der Waals surface area contributed by atoms with Gasteiger partial charge in [0.1, 0.15) is 5.69 Å². The van der Waals surface area contributed by atoms with Gasteiger partial charge >= 0.3 is 0 Å². The van der Waals surface area contributed by atoms with E-state index in [9.17, 15) is 4.79 Å². The second-order valence-electron chi connectivity index (χ2n) is 4.15. The van der Waals surface area contributed by atoms with Gasteiger partial charge in [0.25, 0.3) is 5.91 Å². The zero-order valence-electron chi connectivity index (χ0n) is 10.2. The van der Waals surface area contributed by atoms with Crippen LogP contribution in [0.1, 0.15) is 24.3 Å². The van der Waals surface area contributed by atoms with E-state index in [1.165, 1.54) is 11.3 Å². The summed E-state index contributed by atoms with van der Waals surface area (Å²) >= 11 is 1.35. The zero-order chi connectivity index (χ0) is 13.0. The lowest BCUT2D eigenvalue weighted by Gasteiger charge is -2.05. The topological polar surface area (TPSA) is 64.4 Å². The van der Waals surface area contributed by atoms with Crippen LogP contribution in [0.3, 0.4) is 0 Å². The SMILES string of the molecule is CC(C)CONC(=O)c1csc(-c2ccco2)n1. The number of hydroxylamine groups is 1. The fraction of sp³-hybridized carbons (Fsp3) is 0.333. The number of hydrogen-bond donors (Lipinski definition) is 1. The van der Waals surface area contributed by atoms with E-state index < -0.39 is 0 Å². The monoisotopic (exact) mass is 266 g/mol. The summed E-state index contributed by atoms with van der Waals surface area (Å²) in [5.41, 5.74) is 2.69. The minimum absolute atomic E-state index is 0.329. The second kappa shape index (κ2) is 5.79. The first-order chi connectivity index (χ1) is 8.66. The molecule has 6 heteroatoms. The molecule has 0 bridgehead atoms. The summed E-state index contributed by atoms with van der Waals surface area (Å²) < 4.78 is 5.21. The average Bonchev–Trinajstić information content (AvgIpc) is 2.99. The number of carbonyl (C=O) groups excluding carboxylic acids is 1. The molecule has 0 saturated carbocycles. The van der Waals surface area contributed by atoms with Crippen LogP contribution >= 0.6 is 11.3 Å². The normalized spacial score (nSPS) is 10.8. The highest BCUT2D eigenvalue weighted by Gasteiger charge is 2.13. The number of hydrogen-bond acceptors (Lipinski definition) is 5. The van der Waals surface area contributed by atoms with Crippen LogP contribution in [0, 0.1) is 5.92 Å². The lowest BCUT2D eigenvalue weighted by Crippen LogP contribution is -2.25. The van der Waals surface area contributed by atoms with Crippen LogP contribution in [-0.4, -0.2) is 17.5 Å². The van der Waals surface area contributed by atoms with Crippen molar-refractivity contribution in [2.45, 2.75) is 13.8 Å². The van der Waals surface area contributed by atoms with Gasteiger partial charge in [-0.05, 0) is 18.1 Å². The molecular weight excluding hydrogens is 252 g/mol. The minimum Gasteiger partial charge on any atom is -0.462 e. The van der Waals surface area contributed by atoms with Crippen molar-refractivity contribution >= 4 is 17.2 Å². The van der Waals surface area contributed by atoms with Gasteiger partial charge < -0.3 is 4.42 Å². The Balaban J connectivity index is 1.95. The molecule has 1 amide bonds. The van der Waals surface area contributed by atoms with E-state index in [1.54, 1.807) is 23.8 Å². The molecule has 2 rings (SSSR count). The van der Waals surface area contributed by atoms with Crippen molar-refractivity contribution in [2.24, 2.45) is 5.92 Å². The van der Waals surface area contributed by atoms with Gasteiger partial charge in [0, 0.05) is 5.38 Å². The van der Waals surface area contributed by atoms with Crippen LogP contribution in [0.15, 0.2) is 28.2 Å². The molecule has 0 aliphatic heterocycles. The highest BCUT2D eigenvalue weighted by molar-refractivity contribution is 7.13. The van der Waals surface area contributed by atoms with E-state index in [0.717, 1.165) is 0 Å². The average molecular weight is 266 g/mol. The molecule has 0 spiro atoms. The van der Waals surface area contributed by atoms with E-state index in [2.05, 4.69) is 10.5 Å². The molecule has 0 fully saturated rings. The predicted octanol–water partition coefficient (Wildman–Crippen LogP) is 2.72. The maximum absolute atomic E-state index is 11.7. The van der Waals surface area contributed by atoms with Gasteiger partial charge in [-0.1, -0.05) is 13.8 Å². The lowest BCUT2D eigenvalue weighted by molar-refractivity contribution is 0.0205. The van der Waals surface area contributed by atoms with Crippen LogP contribution in [0.25, 0.3) is 10.8 Å². The quantitative estimate of drug-likeness (QED) is 0.845. The summed E-state index contributed by atoms with van der Waals surface area (Å²) in [7, 11) is 0. The highest BCUT2D eigenvalue weighted by Crippen LogP contribution is 2.23. The highest BCUT2D eigenvalue weighted by atomic mass is 32.1. The molecule has 0 aliphatic rings. The van der Waals surface area contributed by atoms with Crippen molar-refractivity contribution in [3.63, 3.8) is 0 Å². The number of rotatable bonds is 5. The Kier molecular flexibility index (Phi) is 4.11. The number of thiazole rings is 1. The van der Waals surface area contributed by atoms with Crippen LogP contribution in [0.2, 0.25) is 0 Å². The predicted molar refractivity (Wildman–Crippen MR) is 68.1 cm³/mol. The van der Waals surface area contributed by atoms with Crippen molar-refractivity contribution in [1.82, 2.24) is 10.5 Å². The molecule has 0 unspecified atom stereocenters. The first-order valence-electron chi connectivity index (χ1n) is 5.58. The number of carbonyl (C=O) groups is 1. The first-order valence-corrected chi connectivity index (χ1v) is 6.46. The van der Waals surface area contributed by atoms with E-state index in [-0.39, 0.29) is 5.91 Å². The number of nitrogens with one attached hydrogen (secondary N) is 1. The second-order valence-corrected chi connectivity index (χ2v) is 5.01. The Morgan fingerprint density at radius 2 is 2.44 bits per heavy atom. The van der Waals surface area contributed by atoms with Crippen molar-refractivity contribution in [3.8, 4) is 10.8 Å². The Hall–Kier alpha value is -1.66. The molecule has 96 valence electrons. The fourth-order valence-electron chi connectivity index (χ4n) is 1.22. The molecule has 2 heterocycles. The summed E-state index contributed by atoms with van der Waals surface area (Å²) in [6.07, 6.45) is 1.57. The van der Waals surface area contributed by atoms with Crippen molar-refractivity contribution in [1.29, 1.82) is 0 Å². The Morgan fingerprint density at radius 3 is 3.11 bits per heavy atom. The lowest BCUT2D eigenvalue weighted by atomic mass is 10.2. The molecule has 0 aromatic carbocycles. The van der Waals surface area contributed by atoms with E-state index in [0.29, 0.717) is 29.0 Å². The van der Waals surface area contributed by atoms with Crippen LogP contribution in [-0.2, 0) is 4.84 Å². The molecule has 2 aromatic rings. The molecule has 18 heavy (non-hydrogen) atoms. The third kappa shape index (κ3) is 3.18. The fourth-order valence-corrected chi connectivity index (χ4v) is 1.98. The van der Waals surface area contributed by atoms with Crippen LogP contribution in [0.5, 0.6) is 0 Å². The summed E-state index contributed by atoms with van der Waals surface area (Å²) in [5, 5.41) is 2.35. The van der Waals surface area contributed by atoms with Crippen LogP contribution < -0.4 is 5.48 Å². The maximum atomic E-state index is 11.7. The molecular formula is C12H14N2O3S.